The van der Waals surface area contributed by atoms with Crippen molar-refractivity contribution in [3.8, 4) is 0 Å². The van der Waals surface area contributed by atoms with E-state index >= 15 is 0 Å². The number of aliphatic hydroxyl groups is 8. The number of ether oxygens (including phenoxy) is 3. The molecule has 2 aliphatic heterocycles. The maximum atomic E-state index is 9.94. The smallest absolute Gasteiger partial charge is 0.187 e. The molecule has 0 aliphatic carbocycles. The molecule has 4 unspecified atom stereocenters. The molecule has 2 saturated heterocycles. The van der Waals surface area contributed by atoms with Gasteiger partial charge in [-0.3, -0.25) is 0 Å². The lowest BCUT2D eigenvalue weighted by Gasteiger charge is -2.45. The molecule has 11 nitrogen and oxygen atoms in total. The Bertz CT molecular complexity index is 378. The van der Waals surface area contributed by atoms with Crippen LogP contribution in [-0.4, -0.2) is 115 Å². The van der Waals surface area contributed by atoms with E-state index in [1.54, 1.807) is 0 Å². The molecule has 0 amide bonds. The summed E-state index contributed by atoms with van der Waals surface area (Å²) in [5.74, 6) is 0. The van der Waals surface area contributed by atoms with Crippen molar-refractivity contribution >= 4 is 0 Å². The van der Waals surface area contributed by atoms with E-state index in [1.807, 2.05) is 0 Å². The minimum absolute atomic E-state index is 0.667. The van der Waals surface area contributed by atoms with Gasteiger partial charge < -0.3 is 55.1 Å². The summed E-state index contributed by atoms with van der Waals surface area (Å²) >= 11 is 0. The second-order valence-corrected chi connectivity index (χ2v) is 5.53. The molecule has 10 atom stereocenters. The third kappa shape index (κ3) is 3.65. The first-order valence-corrected chi connectivity index (χ1v) is 7.08. The molecule has 2 fully saturated rings. The molecule has 0 aromatic rings. The van der Waals surface area contributed by atoms with Crippen molar-refractivity contribution in [1.29, 1.82) is 0 Å². The summed E-state index contributed by atoms with van der Waals surface area (Å²) in [6.07, 6.45) is -15.6. The fourth-order valence-electron chi connectivity index (χ4n) is 2.57. The van der Waals surface area contributed by atoms with E-state index in [0.717, 1.165) is 0 Å². The first-order valence-electron chi connectivity index (χ1n) is 7.08. The monoisotopic (exact) mass is 342 g/mol. The lowest BCUT2D eigenvalue weighted by atomic mass is 9.97. The highest BCUT2D eigenvalue weighted by atomic mass is 16.7. The van der Waals surface area contributed by atoms with Crippen LogP contribution in [0, 0.1) is 0 Å². The molecule has 8 N–H and O–H groups in total. The average molecular weight is 342 g/mol. The van der Waals surface area contributed by atoms with Gasteiger partial charge in [-0.1, -0.05) is 0 Å². The van der Waals surface area contributed by atoms with Crippen molar-refractivity contribution in [3.05, 3.63) is 0 Å². The Labute approximate surface area is 130 Å². The predicted molar refractivity (Wildman–Crippen MR) is 68.6 cm³/mol. The van der Waals surface area contributed by atoms with Gasteiger partial charge in [0.1, 0.15) is 48.8 Å². The fraction of sp³-hybridized carbons (Fsp3) is 1.00. The number of rotatable bonds is 4. The average Bonchev–Trinajstić information content (AvgIpc) is 2.55. The molecule has 0 saturated carbocycles. The van der Waals surface area contributed by atoms with E-state index in [-0.39, 0.29) is 0 Å². The minimum atomic E-state index is -1.74. The van der Waals surface area contributed by atoms with E-state index in [2.05, 4.69) is 0 Å². The van der Waals surface area contributed by atoms with Gasteiger partial charge in [0.05, 0.1) is 13.2 Å². The van der Waals surface area contributed by atoms with Gasteiger partial charge in [0.15, 0.2) is 12.6 Å². The first kappa shape index (κ1) is 18.9. The Morgan fingerprint density at radius 2 is 1.26 bits per heavy atom. The molecule has 136 valence electrons. The molecule has 11 heteroatoms. The molecule has 0 aromatic carbocycles. The first-order chi connectivity index (χ1) is 10.8. The minimum Gasteiger partial charge on any atom is -0.394 e. The van der Waals surface area contributed by atoms with Crippen LogP contribution in [0.15, 0.2) is 0 Å². The van der Waals surface area contributed by atoms with Crippen molar-refractivity contribution in [2.45, 2.75) is 61.4 Å². The Morgan fingerprint density at radius 1 is 0.652 bits per heavy atom. The topological polar surface area (TPSA) is 190 Å². The fourth-order valence-corrected chi connectivity index (χ4v) is 2.57. The molecule has 23 heavy (non-hydrogen) atoms. The summed E-state index contributed by atoms with van der Waals surface area (Å²) in [7, 11) is 0. The lowest BCUT2D eigenvalue weighted by molar-refractivity contribution is -0.355. The number of hydrogen-bond donors (Lipinski definition) is 8. The van der Waals surface area contributed by atoms with Gasteiger partial charge in [0.25, 0.3) is 0 Å². The van der Waals surface area contributed by atoms with Crippen molar-refractivity contribution < 1.29 is 55.1 Å². The van der Waals surface area contributed by atoms with Gasteiger partial charge in [0.2, 0.25) is 0 Å². The van der Waals surface area contributed by atoms with E-state index < -0.39 is 74.6 Å². The molecule has 2 heterocycles. The van der Waals surface area contributed by atoms with E-state index in [1.165, 1.54) is 0 Å². The van der Waals surface area contributed by atoms with Gasteiger partial charge in [-0.05, 0) is 0 Å². The summed E-state index contributed by atoms with van der Waals surface area (Å²) in [4.78, 5) is 0. The Kier molecular flexibility index (Phi) is 6.27. The zero-order chi connectivity index (χ0) is 17.3. The van der Waals surface area contributed by atoms with Gasteiger partial charge in [-0.25, -0.2) is 0 Å². The van der Waals surface area contributed by atoms with Crippen LogP contribution in [0.25, 0.3) is 0 Å². The van der Waals surface area contributed by atoms with Crippen LogP contribution in [0.1, 0.15) is 0 Å². The predicted octanol–water partition coefficient (Wildman–Crippen LogP) is -5.40. The Morgan fingerprint density at radius 3 is 1.83 bits per heavy atom. The highest BCUT2D eigenvalue weighted by Crippen LogP contribution is 2.28. The molecule has 2 aliphatic rings. The summed E-state index contributed by atoms with van der Waals surface area (Å²) in [6, 6.07) is 0. The van der Waals surface area contributed by atoms with Crippen molar-refractivity contribution in [2.24, 2.45) is 0 Å². The lowest BCUT2D eigenvalue weighted by Crippen LogP contribution is -2.64. The molecule has 0 aromatic heterocycles. The van der Waals surface area contributed by atoms with Crippen LogP contribution in [-0.2, 0) is 14.2 Å². The van der Waals surface area contributed by atoms with Gasteiger partial charge in [-0.2, -0.15) is 0 Å². The second kappa shape index (κ2) is 7.63. The van der Waals surface area contributed by atoms with Crippen LogP contribution >= 0.6 is 0 Å². The Hall–Kier alpha value is -0.440. The SMILES string of the molecule is OCC1O[C@@H](O[C@H]2C(O)C(O)[C@H](O)O[C@H]2CO)C(O)[C@@H](O)[C@H]1O. The number of hydrogen-bond acceptors (Lipinski definition) is 11. The molecule has 0 bridgehead atoms. The summed E-state index contributed by atoms with van der Waals surface area (Å²) in [5.41, 5.74) is 0. The highest BCUT2D eigenvalue weighted by molar-refractivity contribution is 4.93. The van der Waals surface area contributed by atoms with Crippen LogP contribution in [0.2, 0.25) is 0 Å². The third-order valence-corrected chi connectivity index (χ3v) is 3.98. The van der Waals surface area contributed by atoms with Gasteiger partial charge in [0, 0.05) is 0 Å². The zero-order valence-electron chi connectivity index (χ0n) is 12.0. The van der Waals surface area contributed by atoms with Gasteiger partial charge >= 0.3 is 0 Å². The van der Waals surface area contributed by atoms with E-state index in [0.29, 0.717) is 0 Å². The van der Waals surface area contributed by atoms with Crippen LogP contribution in [0.3, 0.4) is 0 Å². The molecular weight excluding hydrogens is 320 g/mol. The zero-order valence-corrected chi connectivity index (χ0v) is 12.0. The highest BCUT2D eigenvalue weighted by Gasteiger charge is 2.50. The van der Waals surface area contributed by atoms with Crippen molar-refractivity contribution in [3.63, 3.8) is 0 Å². The maximum absolute atomic E-state index is 9.94. The second-order valence-electron chi connectivity index (χ2n) is 5.53. The maximum Gasteiger partial charge on any atom is 0.187 e. The number of aliphatic hydroxyl groups excluding tert-OH is 8. The molecule has 0 spiro atoms. The van der Waals surface area contributed by atoms with E-state index in [9.17, 15) is 35.7 Å². The summed E-state index contributed by atoms with van der Waals surface area (Å²) in [6.45, 7) is -1.35. The van der Waals surface area contributed by atoms with Crippen LogP contribution in [0.5, 0.6) is 0 Å². The largest absolute Gasteiger partial charge is 0.394 e. The standard InChI is InChI=1S/C12H22O11/c13-1-3-5(15)6(16)9(19)12(22-3)23-10-4(2-14)21-11(20)8(18)7(10)17/h3-20H,1-2H2/t3?,4-,5-,6-,7?,8?,9?,10+,11+,12-/m0/s1. The molecular formula is C12H22O11. The third-order valence-electron chi connectivity index (χ3n) is 3.98. The van der Waals surface area contributed by atoms with Crippen molar-refractivity contribution in [1.82, 2.24) is 0 Å². The van der Waals surface area contributed by atoms with Gasteiger partial charge in [-0.15, -0.1) is 0 Å². The quantitative estimate of drug-likeness (QED) is 0.243. The molecule has 0 radical (unpaired) electrons. The summed E-state index contributed by atoms with van der Waals surface area (Å²) in [5, 5.41) is 76.5. The van der Waals surface area contributed by atoms with Crippen molar-refractivity contribution in [2.75, 3.05) is 13.2 Å². The van der Waals surface area contributed by atoms with Crippen LogP contribution < -0.4 is 0 Å². The Balaban J connectivity index is 2.11. The van der Waals surface area contributed by atoms with Crippen LogP contribution in [0.4, 0.5) is 0 Å². The summed E-state index contributed by atoms with van der Waals surface area (Å²) < 4.78 is 15.3. The van der Waals surface area contributed by atoms with E-state index in [4.69, 9.17) is 19.3 Å². The molecule has 2 rings (SSSR count). The normalized spacial score (nSPS) is 51.7.